The molecule has 0 bridgehead atoms. The van der Waals surface area contributed by atoms with Crippen molar-refractivity contribution in [2.75, 3.05) is 24.4 Å². The van der Waals surface area contributed by atoms with E-state index in [4.69, 9.17) is 4.74 Å². The molecule has 0 radical (unpaired) electrons. The maximum Gasteiger partial charge on any atom is 0.224 e. The monoisotopic (exact) mass is 551 g/mol. The van der Waals surface area contributed by atoms with Gasteiger partial charge in [-0.3, -0.25) is 4.79 Å². The number of carbonyl (C=O) groups excluding carboxylic acids is 1. The van der Waals surface area contributed by atoms with Crippen LogP contribution in [-0.4, -0.2) is 24.3 Å². The van der Waals surface area contributed by atoms with E-state index in [9.17, 15) is 13.6 Å². The lowest BCUT2D eigenvalue weighted by molar-refractivity contribution is -0.117. The third kappa shape index (κ3) is 10.0. The number of amides is 1. The number of terminal acetylenes is 1. The summed E-state index contributed by atoms with van der Waals surface area (Å²) in [6, 6.07) is 17.0. The summed E-state index contributed by atoms with van der Waals surface area (Å²) in [5, 5.41) is 7.11. The highest BCUT2D eigenvalue weighted by atomic mass is 19.1. The van der Waals surface area contributed by atoms with Gasteiger partial charge >= 0.3 is 0 Å². The molecular formula is C33H43F2N3O2. The fourth-order valence-corrected chi connectivity index (χ4v) is 4.03. The van der Waals surface area contributed by atoms with Gasteiger partial charge in [0, 0.05) is 47.9 Å². The average molecular weight is 552 g/mol. The number of methoxy groups -OCH3 is 1. The number of hydrogen-bond donors (Lipinski definition) is 2. The molecule has 216 valence electrons. The first-order valence-electron chi connectivity index (χ1n) is 13.3. The van der Waals surface area contributed by atoms with Gasteiger partial charge in [-0.05, 0) is 54.8 Å². The molecule has 0 aliphatic heterocycles. The number of aromatic nitrogens is 1. The Hall–Kier alpha value is -3.89. The van der Waals surface area contributed by atoms with Crippen molar-refractivity contribution >= 4 is 28.2 Å². The van der Waals surface area contributed by atoms with E-state index in [2.05, 4.69) is 23.5 Å². The maximum absolute atomic E-state index is 14.6. The molecule has 0 saturated carbocycles. The van der Waals surface area contributed by atoms with E-state index >= 15 is 0 Å². The van der Waals surface area contributed by atoms with Crippen molar-refractivity contribution in [3.05, 3.63) is 83.8 Å². The van der Waals surface area contributed by atoms with Gasteiger partial charge in [-0.15, -0.1) is 12.8 Å². The minimum atomic E-state index is -0.917. The van der Waals surface area contributed by atoms with Gasteiger partial charge in [0.2, 0.25) is 5.91 Å². The fourth-order valence-electron chi connectivity index (χ4n) is 4.03. The molecule has 0 spiro atoms. The van der Waals surface area contributed by atoms with Crippen LogP contribution >= 0.6 is 0 Å². The van der Waals surface area contributed by atoms with Crippen molar-refractivity contribution < 1.29 is 18.3 Å². The first kappa shape index (κ1) is 34.1. The van der Waals surface area contributed by atoms with E-state index in [1.54, 1.807) is 26.2 Å². The topological polar surface area (TPSA) is 55.3 Å². The third-order valence-electron chi connectivity index (χ3n) is 5.64. The normalized spacial score (nSPS) is 12.5. The van der Waals surface area contributed by atoms with E-state index in [-0.39, 0.29) is 23.4 Å². The molecule has 2 aromatic carbocycles. The van der Waals surface area contributed by atoms with Crippen LogP contribution in [0.3, 0.4) is 0 Å². The lowest BCUT2D eigenvalue weighted by Crippen LogP contribution is -2.19. The molecule has 0 fully saturated rings. The van der Waals surface area contributed by atoms with Crippen LogP contribution in [0.4, 0.5) is 20.2 Å². The Labute approximate surface area is 238 Å². The van der Waals surface area contributed by atoms with Crippen LogP contribution in [0.15, 0.2) is 78.1 Å². The number of halogens is 2. The van der Waals surface area contributed by atoms with Crippen molar-refractivity contribution in [3.8, 4) is 12.8 Å². The summed E-state index contributed by atoms with van der Waals surface area (Å²) in [5.74, 6) is -0.665. The molecule has 1 heterocycles. The molecular weight excluding hydrogens is 508 g/mol. The van der Waals surface area contributed by atoms with Gasteiger partial charge in [-0.1, -0.05) is 58.9 Å². The van der Waals surface area contributed by atoms with E-state index in [0.717, 1.165) is 16.6 Å². The smallest absolute Gasteiger partial charge is 0.224 e. The number of alkyl halides is 1. The molecule has 1 unspecified atom stereocenters. The lowest BCUT2D eigenvalue weighted by atomic mass is 9.92. The summed E-state index contributed by atoms with van der Waals surface area (Å²) in [4.78, 5) is 12.5. The predicted octanol–water partition coefficient (Wildman–Crippen LogP) is 8.82. The largest absolute Gasteiger partial charge is 0.356 e. The summed E-state index contributed by atoms with van der Waals surface area (Å²) in [5.41, 5.74) is 2.88. The average Bonchev–Trinajstić information content (AvgIpc) is 3.29. The number of allylic oxidation sites excluding steroid dienone is 4. The molecule has 0 aliphatic rings. The SMILES string of the molecule is C#C.C/C=C\C(F)=C(/CF)Cn1c(C(Nc2ccccc2)OC)cc2cc(NC(=O)CC(C)(C)C)ccc21.CC. The number of fused-ring (bicyclic) bond motifs is 1. The van der Waals surface area contributed by atoms with Crippen LogP contribution in [0, 0.1) is 18.3 Å². The van der Waals surface area contributed by atoms with E-state index in [0.29, 0.717) is 17.8 Å². The molecule has 0 aliphatic carbocycles. The van der Waals surface area contributed by atoms with Crippen molar-refractivity contribution in [3.63, 3.8) is 0 Å². The summed E-state index contributed by atoms with van der Waals surface area (Å²) in [7, 11) is 1.58. The van der Waals surface area contributed by atoms with Gasteiger partial charge in [-0.2, -0.15) is 0 Å². The predicted molar refractivity (Wildman–Crippen MR) is 165 cm³/mol. The molecule has 1 amide bonds. The van der Waals surface area contributed by atoms with Gasteiger partial charge in [0.15, 0.2) is 6.23 Å². The quantitative estimate of drug-likeness (QED) is 0.150. The zero-order valence-electron chi connectivity index (χ0n) is 24.7. The number of benzene rings is 2. The molecule has 1 atom stereocenters. The number of rotatable bonds is 10. The Balaban J connectivity index is 0.00000191. The van der Waals surface area contributed by atoms with Gasteiger partial charge in [0.1, 0.15) is 12.5 Å². The van der Waals surface area contributed by atoms with Crippen molar-refractivity contribution in [1.29, 1.82) is 0 Å². The molecule has 7 heteroatoms. The fraction of sp³-hybridized carbons (Fsp3) is 0.364. The van der Waals surface area contributed by atoms with Crippen molar-refractivity contribution in [1.82, 2.24) is 4.57 Å². The standard InChI is InChI=1S/C29H35F2N3O2.C2H6.C2H2/c1-6-10-24(31)21(18-30)19-34-25-14-13-23(32-27(35)17-29(2,3)4)15-20(25)16-26(34)28(36-5)33-22-11-8-7-9-12-22;2*1-2/h6-16,28,33H,17-19H2,1-5H3,(H,32,35);1-2H3;1-2H/b10-6-,24-21-;;. The Morgan fingerprint density at radius 3 is 2.27 bits per heavy atom. The highest BCUT2D eigenvalue weighted by Crippen LogP contribution is 2.31. The molecule has 3 rings (SSSR count). The summed E-state index contributed by atoms with van der Waals surface area (Å²) >= 11 is 0. The van der Waals surface area contributed by atoms with E-state index in [1.807, 2.05) is 87.7 Å². The molecule has 5 nitrogen and oxygen atoms in total. The second-order valence-electron chi connectivity index (χ2n) is 9.93. The van der Waals surface area contributed by atoms with Gasteiger partial charge in [0.05, 0.1) is 5.69 Å². The summed E-state index contributed by atoms with van der Waals surface area (Å²) < 4.78 is 36.1. The first-order chi connectivity index (χ1) is 19.1. The van der Waals surface area contributed by atoms with Crippen molar-refractivity contribution in [2.45, 2.75) is 60.7 Å². The Morgan fingerprint density at radius 1 is 1.07 bits per heavy atom. The van der Waals surface area contributed by atoms with Gasteiger partial charge in [-0.25, -0.2) is 8.78 Å². The third-order valence-corrected chi connectivity index (χ3v) is 5.64. The number of nitrogens with one attached hydrogen (secondary N) is 2. The minimum absolute atomic E-state index is 0.0115. The minimum Gasteiger partial charge on any atom is -0.356 e. The van der Waals surface area contributed by atoms with Crippen LogP contribution in [0.2, 0.25) is 0 Å². The van der Waals surface area contributed by atoms with Crippen LogP contribution < -0.4 is 10.6 Å². The van der Waals surface area contributed by atoms with E-state index in [1.165, 1.54) is 6.08 Å². The molecule has 40 heavy (non-hydrogen) atoms. The highest BCUT2D eigenvalue weighted by molar-refractivity contribution is 5.94. The van der Waals surface area contributed by atoms with Crippen LogP contribution in [0.25, 0.3) is 10.9 Å². The Kier molecular flexibility index (Phi) is 14.5. The number of nitrogens with zero attached hydrogens (tertiary/aromatic N) is 1. The lowest BCUT2D eigenvalue weighted by Gasteiger charge is -2.21. The highest BCUT2D eigenvalue weighted by Gasteiger charge is 2.21. The number of anilines is 2. The molecule has 0 saturated heterocycles. The Bertz CT molecular complexity index is 1290. The number of hydrogen-bond acceptors (Lipinski definition) is 3. The van der Waals surface area contributed by atoms with Crippen LogP contribution in [-0.2, 0) is 16.1 Å². The number of ether oxygens (including phenoxy) is 1. The van der Waals surface area contributed by atoms with Crippen LogP contribution in [0.1, 0.15) is 59.9 Å². The number of carbonyl (C=O) groups is 1. The summed E-state index contributed by atoms with van der Waals surface area (Å²) in [6.45, 7) is 10.8. The molecule has 3 aromatic rings. The Morgan fingerprint density at radius 2 is 1.73 bits per heavy atom. The van der Waals surface area contributed by atoms with Crippen molar-refractivity contribution in [2.24, 2.45) is 5.41 Å². The first-order valence-corrected chi connectivity index (χ1v) is 13.3. The van der Waals surface area contributed by atoms with Gasteiger partial charge in [0.25, 0.3) is 0 Å². The second-order valence-corrected chi connectivity index (χ2v) is 9.93. The zero-order chi connectivity index (χ0) is 30.3. The second kappa shape index (κ2) is 16.9. The van der Waals surface area contributed by atoms with Gasteiger partial charge < -0.3 is 19.9 Å². The van der Waals surface area contributed by atoms with Crippen LogP contribution in [0.5, 0.6) is 0 Å². The van der Waals surface area contributed by atoms with E-state index < -0.39 is 18.7 Å². The molecule has 2 N–H and O–H groups in total. The number of para-hydroxylation sites is 1. The maximum atomic E-state index is 14.6. The molecule has 1 aromatic heterocycles. The zero-order valence-corrected chi connectivity index (χ0v) is 24.7. The summed E-state index contributed by atoms with van der Waals surface area (Å²) in [6.07, 6.45) is 10.6.